The average molecular weight is 431 g/mol. The van der Waals surface area contributed by atoms with E-state index in [9.17, 15) is 9.59 Å². The Hall–Kier alpha value is -1.67. The van der Waals surface area contributed by atoms with Gasteiger partial charge in [-0.2, -0.15) is 0 Å². The van der Waals surface area contributed by atoms with Crippen LogP contribution in [-0.2, 0) is 9.53 Å². The number of amides is 1. The Labute approximate surface area is 146 Å². The van der Waals surface area contributed by atoms with Gasteiger partial charge in [0.15, 0.2) is 6.61 Å². The van der Waals surface area contributed by atoms with E-state index in [0.29, 0.717) is 5.69 Å². The minimum Gasteiger partial charge on any atom is -0.452 e. The fraction of sp³-hybridized carbons (Fsp3) is 0.133. The van der Waals surface area contributed by atoms with Crippen molar-refractivity contribution >= 4 is 51.8 Å². The van der Waals surface area contributed by atoms with Crippen LogP contribution in [0, 0.1) is 10.5 Å². The summed E-state index contributed by atoms with van der Waals surface area (Å²) in [6, 6.07) is 8.67. The molecule has 0 aliphatic rings. The molecule has 22 heavy (non-hydrogen) atoms. The number of esters is 1. The van der Waals surface area contributed by atoms with Crippen molar-refractivity contribution in [3.05, 3.63) is 56.4 Å². The highest BCUT2D eigenvalue weighted by molar-refractivity contribution is 14.1. The maximum Gasteiger partial charge on any atom is 0.341 e. The number of carbonyl (C=O) groups is 2. The number of hydrogen-bond donors (Lipinski definition) is 1. The number of pyridine rings is 1. The monoisotopic (exact) mass is 430 g/mol. The van der Waals surface area contributed by atoms with Gasteiger partial charge in [0, 0.05) is 15.5 Å². The summed E-state index contributed by atoms with van der Waals surface area (Å²) in [7, 11) is 0. The molecule has 114 valence electrons. The van der Waals surface area contributed by atoms with E-state index in [0.717, 1.165) is 9.13 Å². The summed E-state index contributed by atoms with van der Waals surface area (Å²) in [4.78, 5) is 27.4. The van der Waals surface area contributed by atoms with Gasteiger partial charge in [0.05, 0.1) is 5.56 Å². The summed E-state index contributed by atoms with van der Waals surface area (Å²) in [5, 5.41) is 2.73. The Balaban J connectivity index is 1.93. The van der Waals surface area contributed by atoms with Crippen LogP contribution >= 0.6 is 34.2 Å². The van der Waals surface area contributed by atoms with Crippen molar-refractivity contribution < 1.29 is 14.3 Å². The fourth-order valence-corrected chi connectivity index (χ4v) is 2.54. The third kappa shape index (κ3) is 4.41. The van der Waals surface area contributed by atoms with Crippen LogP contribution in [0.25, 0.3) is 0 Å². The zero-order valence-corrected chi connectivity index (χ0v) is 14.5. The number of halogens is 2. The largest absolute Gasteiger partial charge is 0.452 e. The standard InChI is InChI=1S/C15H12ClIN2O3/c1-9-7-10(17)4-5-12(9)19-13(20)8-22-15(21)11-3-2-6-18-14(11)16/h2-7H,8H2,1H3,(H,19,20). The first-order valence-electron chi connectivity index (χ1n) is 6.31. The number of nitrogens with one attached hydrogen (secondary N) is 1. The van der Waals surface area contributed by atoms with Crippen LogP contribution in [0.15, 0.2) is 36.5 Å². The Morgan fingerprint density at radius 3 is 2.82 bits per heavy atom. The van der Waals surface area contributed by atoms with Crippen LogP contribution in [0.2, 0.25) is 5.15 Å². The van der Waals surface area contributed by atoms with Gasteiger partial charge in [-0.15, -0.1) is 0 Å². The van der Waals surface area contributed by atoms with Gasteiger partial charge in [0.25, 0.3) is 5.91 Å². The lowest BCUT2D eigenvalue weighted by molar-refractivity contribution is -0.119. The first-order chi connectivity index (χ1) is 10.5. The minimum atomic E-state index is -0.687. The molecule has 2 rings (SSSR count). The van der Waals surface area contributed by atoms with Gasteiger partial charge in [-0.3, -0.25) is 4.79 Å². The SMILES string of the molecule is Cc1cc(I)ccc1NC(=O)COC(=O)c1cccnc1Cl. The van der Waals surface area contributed by atoms with Crippen molar-refractivity contribution in [1.82, 2.24) is 4.98 Å². The maximum absolute atomic E-state index is 11.8. The van der Waals surface area contributed by atoms with E-state index < -0.39 is 18.5 Å². The molecule has 1 amide bonds. The first-order valence-corrected chi connectivity index (χ1v) is 7.76. The van der Waals surface area contributed by atoms with E-state index in [1.807, 2.05) is 19.1 Å². The molecular formula is C15H12ClIN2O3. The molecule has 1 aromatic carbocycles. The number of benzene rings is 1. The van der Waals surface area contributed by atoms with Gasteiger partial charge in [-0.25, -0.2) is 9.78 Å². The number of carbonyl (C=O) groups excluding carboxylic acids is 2. The summed E-state index contributed by atoms with van der Waals surface area (Å²) in [5.41, 5.74) is 1.74. The van der Waals surface area contributed by atoms with Crippen LogP contribution in [-0.4, -0.2) is 23.5 Å². The highest BCUT2D eigenvalue weighted by atomic mass is 127. The molecule has 7 heteroatoms. The van der Waals surface area contributed by atoms with Gasteiger partial charge in [-0.05, 0) is 65.4 Å². The molecule has 1 aromatic heterocycles. The maximum atomic E-state index is 11.8. The van der Waals surface area contributed by atoms with Crippen LogP contribution in [0.4, 0.5) is 5.69 Å². The highest BCUT2D eigenvalue weighted by Gasteiger charge is 2.14. The molecule has 0 unspecified atom stereocenters. The van der Waals surface area contributed by atoms with E-state index in [4.69, 9.17) is 16.3 Å². The highest BCUT2D eigenvalue weighted by Crippen LogP contribution is 2.17. The molecule has 0 saturated carbocycles. The smallest absolute Gasteiger partial charge is 0.341 e. The van der Waals surface area contributed by atoms with Crippen LogP contribution < -0.4 is 5.32 Å². The van der Waals surface area contributed by atoms with Crippen molar-refractivity contribution in [2.75, 3.05) is 11.9 Å². The number of hydrogen-bond acceptors (Lipinski definition) is 4. The first kappa shape index (κ1) is 16.7. The Morgan fingerprint density at radius 1 is 1.36 bits per heavy atom. The molecule has 0 bridgehead atoms. The summed E-state index contributed by atoms with van der Waals surface area (Å²) in [6.45, 7) is 1.49. The number of aromatic nitrogens is 1. The van der Waals surface area contributed by atoms with Gasteiger partial charge < -0.3 is 10.1 Å². The molecule has 1 N–H and O–H groups in total. The van der Waals surface area contributed by atoms with Crippen molar-refractivity contribution in [1.29, 1.82) is 0 Å². The zero-order chi connectivity index (χ0) is 16.1. The van der Waals surface area contributed by atoms with Gasteiger partial charge in [-0.1, -0.05) is 11.6 Å². The number of rotatable bonds is 4. The lowest BCUT2D eigenvalue weighted by Gasteiger charge is -2.09. The zero-order valence-electron chi connectivity index (χ0n) is 11.6. The van der Waals surface area contributed by atoms with Crippen LogP contribution in [0.1, 0.15) is 15.9 Å². The van der Waals surface area contributed by atoms with Crippen LogP contribution in [0.3, 0.4) is 0 Å². The lowest BCUT2D eigenvalue weighted by Crippen LogP contribution is -2.21. The van der Waals surface area contributed by atoms with E-state index in [1.54, 1.807) is 12.1 Å². The predicted molar refractivity (Wildman–Crippen MR) is 92.1 cm³/mol. The third-order valence-electron chi connectivity index (χ3n) is 2.78. The Kier molecular flexibility index (Phi) is 5.73. The fourth-order valence-electron chi connectivity index (χ4n) is 1.70. The summed E-state index contributed by atoms with van der Waals surface area (Å²) in [5.74, 6) is -1.11. The second kappa shape index (κ2) is 7.55. The number of nitrogens with zero attached hydrogens (tertiary/aromatic N) is 1. The molecular weight excluding hydrogens is 419 g/mol. The second-order valence-corrected chi connectivity index (χ2v) is 6.03. The molecule has 0 aliphatic heterocycles. The molecule has 0 radical (unpaired) electrons. The molecule has 0 spiro atoms. The van der Waals surface area contributed by atoms with E-state index >= 15 is 0 Å². The van der Waals surface area contributed by atoms with E-state index in [1.165, 1.54) is 12.3 Å². The molecule has 0 atom stereocenters. The average Bonchev–Trinajstić information content (AvgIpc) is 2.48. The van der Waals surface area contributed by atoms with E-state index in [-0.39, 0.29) is 10.7 Å². The molecule has 1 heterocycles. The Morgan fingerprint density at radius 2 is 2.14 bits per heavy atom. The molecule has 0 fully saturated rings. The minimum absolute atomic E-state index is 0.0430. The second-order valence-electron chi connectivity index (χ2n) is 4.43. The molecule has 5 nitrogen and oxygen atoms in total. The normalized spacial score (nSPS) is 10.1. The topological polar surface area (TPSA) is 68.3 Å². The number of aryl methyl sites for hydroxylation is 1. The van der Waals surface area contributed by atoms with Crippen molar-refractivity contribution in [3.8, 4) is 0 Å². The van der Waals surface area contributed by atoms with E-state index in [2.05, 4.69) is 32.9 Å². The summed E-state index contributed by atoms with van der Waals surface area (Å²) < 4.78 is 6.00. The van der Waals surface area contributed by atoms with Gasteiger partial charge in [0.2, 0.25) is 0 Å². The molecule has 0 saturated heterocycles. The summed E-state index contributed by atoms with van der Waals surface area (Å²) >= 11 is 7.98. The molecule has 2 aromatic rings. The number of anilines is 1. The van der Waals surface area contributed by atoms with Crippen molar-refractivity contribution in [2.24, 2.45) is 0 Å². The molecule has 0 aliphatic carbocycles. The van der Waals surface area contributed by atoms with Crippen molar-refractivity contribution in [3.63, 3.8) is 0 Å². The lowest BCUT2D eigenvalue weighted by atomic mass is 10.2. The summed E-state index contributed by atoms with van der Waals surface area (Å²) in [6.07, 6.45) is 1.46. The Bertz CT molecular complexity index is 722. The third-order valence-corrected chi connectivity index (χ3v) is 3.75. The van der Waals surface area contributed by atoms with Crippen molar-refractivity contribution in [2.45, 2.75) is 6.92 Å². The van der Waals surface area contributed by atoms with Gasteiger partial charge in [0.1, 0.15) is 5.15 Å². The number of ether oxygens (including phenoxy) is 1. The quantitative estimate of drug-likeness (QED) is 0.458. The predicted octanol–water partition coefficient (Wildman–Crippen LogP) is 3.44. The van der Waals surface area contributed by atoms with Gasteiger partial charge >= 0.3 is 5.97 Å². The van der Waals surface area contributed by atoms with Crippen LogP contribution in [0.5, 0.6) is 0 Å².